The molecule has 0 amide bonds. The second kappa shape index (κ2) is 6.15. The van der Waals surface area contributed by atoms with Crippen molar-refractivity contribution in [3.05, 3.63) is 54.1 Å². The molecule has 112 valence electrons. The number of nitrogens with one attached hydrogen (secondary N) is 1. The summed E-state index contributed by atoms with van der Waals surface area (Å²) in [6.45, 7) is 1.78. The fourth-order valence-electron chi connectivity index (χ4n) is 2.00. The van der Waals surface area contributed by atoms with Crippen LogP contribution in [-0.4, -0.2) is 15.5 Å². The number of benzene rings is 2. The zero-order valence-corrected chi connectivity index (χ0v) is 12.7. The Kier molecular flexibility index (Phi) is 4.50. The number of nitrogen functional groups attached to an aromatic ring is 1. The maximum atomic E-state index is 12.4. The normalized spacial score (nSPS) is 12.9. The van der Waals surface area contributed by atoms with E-state index >= 15 is 0 Å². The maximum absolute atomic E-state index is 12.4. The quantitative estimate of drug-likeness (QED) is 0.831. The van der Waals surface area contributed by atoms with Gasteiger partial charge >= 0.3 is 0 Å². The Morgan fingerprint density at radius 2 is 1.81 bits per heavy atom. The molecule has 3 N–H and O–H groups in total. The van der Waals surface area contributed by atoms with Crippen molar-refractivity contribution in [1.82, 2.24) is 4.72 Å². The Bertz CT molecular complexity index is 715. The van der Waals surface area contributed by atoms with E-state index in [2.05, 4.69) is 4.72 Å². The van der Waals surface area contributed by atoms with Crippen LogP contribution >= 0.6 is 0 Å². The summed E-state index contributed by atoms with van der Waals surface area (Å²) >= 11 is 0. The molecule has 0 heterocycles. The fourth-order valence-corrected chi connectivity index (χ4v) is 3.35. The molecule has 0 fully saturated rings. The van der Waals surface area contributed by atoms with Crippen molar-refractivity contribution in [3.8, 4) is 5.75 Å². The highest BCUT2D eigenvalue weighted by atomic mass is 32.2. The van der Waals surface area contributed by atoms with E-state index in [1.165, 1.54) is 19.2 Å². The van der Waals surface area contributed by atoms with Gasteiger partial charge in [-0.15, -0.1) is 0 Å². The van der Waals surface area contributed by atoms with Crippen molar-refractivity contribution < 1.29 is 13.2 Å². The molecule has 0 aliphatic rings. The van der Waals surface area contributed by atoms with Gasteiger partial charge in [-0.25, -0.2) is 13.1 Å². The van der Waals surface area contributed by atoms with Crippen LogP contribution in [0.3, 0.4) is 0 Å². The van der Waals surface area contributed by atoms with Crippen molar-refractivity contribution in [2.45, 2.75) is 17.9 Å². The third-order valence-corrected chi connectivity index (χ3v) is 4.75. The molecular formula is C15H18N2O3S. The van der Waals surface area contributed by atoms with E-state index < -0.39 is 10.0 Å². The van der Waals surface area contributed by atoms with Gasteiger partial charge < -0.3 is 10.5 Å². The van der Waals surface area contributed by atoms with Crippen molar-refractivity contribution in [1.29, 1.82) is 0 Å². The van der Waals surface area contributed by atoms with Crippen LogP contribution in [0.1, 0.15) is 18.5 Å². The first-order chi connectivity index (χ1) is 9.94. The van der Waals surface area contributed by atoms with Gasteiger partial charge in [-0.3, -0.25) is 0 Å². The van der Waals surface area contributed by atoms with Crippen molar-refractivity contribution in [3.63, 3.8) is 0 Å². The first-order valence-corrected chi connectivity index (χ1v) is 7.93. The summed E-state index contributed by atoms with van der Waals surface area (Å²) in [7, 11) is -2.20. The van der Waals surface area contributed by atoms with Gasteiger partial charge in [0, 0.05) is 12.1 Å². The van der Waals surface area contributed by atoms with E-state index in [4.69, 9.17) is 10.5 Å². The van der Waals surface area contributed by atoms with E-state index in [0.29, 0.717) is 5.75 Å². The van der Waals surface area contributed by atoms with Crippen LogP contribution < -0.4 is 15.2 Å². The fraction of sp³-hybridized carbons (Fsp3) is 0.200. The summed E-state index contributed by atoms with van der Waals surface area (Å²) in [5, 5.41) is 0. The Morgan fingerprint density at radius 3 is 2.38 bits per heavy atom. The average Bonchev–Trinajstić information content (AvgIpc) is 2.47. The van der Waals surface area contributed by atoms with E-state index in [-0.39, 0.29) is 16.6 Å². The zero-order valence-electron chi connectivity index (χ0n) is 11.9. The molecule has 0 unspecified atom stereocenters. The number of sulfonamides is 1. The van der Waals surface area contributed by atoms with Crippen molar-refractivity contribution >= 4 is 15.7 Å². The summed E-state index contributed by atoms with van der Waals surface area (Å²) in [6, 6.07) is 13.5. The number of ether oxygens (including phenoxy) is 1. The smallest absolute Gasteiger partial charge is 0.243 e. The van der Waals surface area contributed by atoms with E-state index in [0.717, 1.165) is 5.56 Å². The van der Waals surface area contributed by atoms with E-state index in [1.54, 1.807) is 13.0 Å². The lowest BCUT2D eigenvalue weighted by atomic mass is 10.1. The molecule has 2 rings (SSSR count). The highest BCUT2D eigenvalue weighted by Gasteiger charge is 2.21. The SMILES string of the molecule is COc1ccc(S(=O)(=O)N[C@H](C)c2ccccc2)c(N)c1. The molecule has 5 nitrogen and oxygen atoms in total. The van der Waals surface area contributed by atoms with Gasteiger partial charge in [0.15, 0.2) is 0 Å². The van der Waals surface area contributed by atoms with Gasteiger partial charge in [-0.1, -0.05) is 30.3 Å². The van der Waals surface area contributed by atoms with Crippen LogP contribution in [0.25, 0.3) is 0 Å². The first kappa shape index (κ1) is 15.3. The molecule has 0 aromatic heterocycles. The van der Waals surface area contributed by atoms with Gasteiger partial charge in [-0.05, 0) is 24.6 Å². The predicted octanol–water partition coefficient (Wildman–Crippen LogP) is 2.32. The number of anilines is 1. The molecule has 1 atom stereocenters. The maximum Gasteiger partial charge on any atom is 0.243 e. The lowest BCUT2D eigenvalue weighted by Gasteiger charge is -2.16. The average molecular weight is 306 g/mol. The Morgan fingerprint density at radius 1 is 1.14 bits per heavy atom. The summed E-state index contributed by atoms with van der Waals surface area (Å²) in [6.07, 6.45) is 0. The largest absolute Gasteiger partial charge is 0.497 e. The monoisotopic (exact) mass is 306 g/mol. The molecule has 0 saturated heterocycles. The second-order valence-corrected chi connectivity index (χ2v) is 6.34. The number of hydrogen-bond donors (Lipinski definition) is 2. The molecule has 0 aliphatic carbocycles. The lowest BCUT2D eigenvalue weighted by Crippen LogP contribution is -2.27. The Labute approximate surface area is 124 Å². The minimum atomic E-state index is -3.69. The summed E-state index contributed by atoms with van der Waals surface area (Å²) in [5.74, 6) is 0.516. The molecule has 2 aromatic carbocycles. The molecule has 0 saturated carbocycles. The Hall–Kier alpha value is -2.05. The van der Waals surface area contributed by atoms with Gasteiger partial charge in [0.05, 0.1) is 12.8 Å². The van der Waals surface area contributed by atoms with Gasteiger partial charge in [0.1, 0.15) is 10.6 Å². The highest BCUT2D eigenvalue weighted by molar-refractivity contribution is 7.89. The number of nitrogens with two attached hydrogens (primary N) is 1. The standard InChI is InChI=1S/C15H18N2O3S/c1-11(12-6-4-3-5-7-12)17-21(18,19)15-9-8-13(20-2)10-14(15)16/h3-11,17H,16H2,1-2H3/t11-/m1/s1. The van der Waals surface area contributed by atoms with Crippen LogP contribution in [-0.2, 0) is 10.0 Å². The minimum absolute atomic E-state index is 0.0473. The second-order valence-electron chi connectivity index (χ2n) is 4.66. The molecule has 0 bridgehead atoms. The van der Waals surface area contributed by atoms with Crippen LogP contribution in [0.5, 0.6) is 5.75 Å². The van der Waals surface area contributed by atoms with Crippen molar-refractivity contribution in [2.24, 2.45) is 0 Å². The topological polar surface area (TPSA) is 81.4 Å². The summed E-state index contributed by atoms with van der Waals surface area (Å²) in [4.78, 5) is 0.0473. The summed E-state index contributed by atoms with van der Waals surface area (Å²) < 4.78 is 32.4. The number of rotatable bonds is 5. The molecule has 0 aliphatic heterocycles. The molecule has 0 radical (unpaired) electrons. The predicted molar refractivity (Wildman–Crippen MR) is 82.6 cm³/mol. The molecular weight excluding hydrogens is 288 g/mol. The molecule has 2 aromatic rings. The van der Waals surface area contributed by atoms with Crippen LogP contribution in [0.2, 0.25) is 0 Å². The van der Waals surface area contributed by atoms with E-state index in [9.17, 15) is 8.42 Å². The zero-order chi connectivity index (χ0) is 15.5. The van der Waals surface area contributed by atoms with Gasteiger partial charge in [0.25, 0.3) is 0 Å². The van der Waals surface area contributed by atoms with Crippen LogP contribution in [0, 0.1) is 0 Å². The van der Waals surface area contributed by atoms with Gasteiger partial charge in [-0.2, -0.15) is 0 Å². The third-order valence-electron chi connectivity index (χ3n) is 3.14. The lowest BCUT2D eigenvalue weighted by molar-refractivity contribution is 0.414. The molecule has 0 spiro atoms. The first-order valence-electron chi connectivity index (χ1n) is 6.45. The number of methoxy groups -OCH3 is 1. The number of hydrogen-bond acceptors (Lipinski definition) is 4. The summed E-state index contributed by atoms with van der Waals surface area (Å²) in [5.41, 5.74) is 6.84. The molecule has 21 heavy (non-hydrogen) atoms. The minimum Gasteiger partial charge on any atom is -0.497 e. The van der Waals surface area contributed by atoms with E-state index in [1.807, 2.05) is 30.3 Å². The van der Waals surface area contributed by atoms with Gasteiger partial charge in [0.2, 0.25) is 10.0 Å². The Balaban J connectivity index is 2.26. The third kappa shape index (κ3) is 3.53. The van der Waals surface area contributed by atoms with Crippen LogP contribution in [0.4, 0.5) is 5.69 Å². The van der Waals surface area contributed by atoms with Crippen LogP contribution in [0.15, 0.2) is 53.4 Å². The van der Waals surface area contributed by atoms with Crippen molar-refractivity contribution in [2.75, 3.05) is 12.8 Å². The highest BCUT2D eigenvalue weighted by Crippen LogP contribution is 2.25. The molecule has 6 heteroatoms.